The van der Waals surface area contributed by atoms with Gasteiger partial charge in [-0.25, -0.2) is 4.39 Å². The van der Waals surface area contributed by atoms with Crippen LogP contribution in [0.1, 0.15) is 39.5 Å². The predicted molar refractivity (Wildman–Crippen MR) is 68.3 cm³/mol. The Morgan fingerprint density at radius 3 is 2.65 bits per heavy atom. The van der Waals surface area contributed by atoms with E-state index in [1.54, 1.807) is 18.2 Å². The molecular weight excluding hydrogens is 217 g/mol. The van der Waals surface area contributed by atoms with Crippen LogP contribution < -0.4 is 5.32 Å². The van der Waals surface area contributed by atoms with Crippen LogP contribution >= 0.6 is 0 Å². The van der Waals surface area contributed by atoms with E-state index in [9.17, 15) is 9.18 Å². The zero-order chi connectivity index (χ0) is 12.7. The van der Waals surface area contributed by atoms with Crippen molar-refractivity contribution in [1.82, 2.24) is 0 Å². The number of carbonyl (C=O) groups excluding carboxylic acids is 1. The highest BCUT2D eigenvalue weighted by atomic mass is 19.1. The second-order valence-corrected chi connectivity index (χ2v) is 4.22. The van der Waals surface area contributed by atoms with E-state index >= 15 is 0 Å². The van der Waals surface area contributed by atoms with Gasteiger partial charge in [0.2, 0.25) is 5.91 Å². The van der Waals surface area contributed by atoms with Crippen LogP contribution in [0, 0.1) is 11.7 Å². The minimum absolute atomic E-state index is 0.0189. The van der Waals surface area contributed by atoms with Crippen LogP contribution in [0.25, 0.3) is 0 Å². The zero-order valence-electron chi connectivity index (χ0n) is 10.5. The third kappa shape index (κ3) is 4.17. The number of carbonyl (C=O) groups is 1. The number of para-hydroxylation sites is 1. The lowest BCUT2D eigenvalue weighted by Gasteiger charge is -2.14. The first kappa shape index (κ1) is 13.7. The van der Waals surface area contributed by atoms with Gasteiger partial charge in [0.05, 0.1) is 5.69 Å². The highest BCUT2D eigenvalue weighted by Gasteiger charge is 2.16. The molecule has 0 aliphatic rings. The van der Waals surface area contributed by atoms with E-state index in [2.05, 4.69) is 12.2 Å². The van der Waals surface area contributed by atoms with Crippen LogP contribution in [0.4, 0.5) is 10.1 Å². The molecule has 1 atom stereocenters. The minimum atomic E-state index is -0.383. The van der Waals surface area contributed by atoms with Gasteiger partial charge in [-0.05, 0) is 25.0 Å². The van der Waals surface area contributed by atoms with E-state index < -0.39 is 0 Å². The highest BCUT2D eigenvalue weighted by molar-refractivity contribution is 5.92. The van der Waals surface area contributed by atoms with Crippen LogP contribution in [0.5, 0.6) is 0 Å². The Bertz CT molecular complexity index is 365. The lowest BCUT2D eigenvalue weighted by Crippen LogP contribution is -2.22. The van der Waals surface area contributed by atoms with Crippen molar-refractivity contribution in [3.8, 4) is 0 Å². The number of rotatable bonds is 6. The van der Waals surface area contributed by atoms with Crippen molar-refractivity contribution in [1.29, 1.82) is 0 Å². The van der Waals surface area contributed by atoms with Gasteiger partial charge in [0, 0.05) is 5.92 Å². The lowest BCUT2D eigenvalue weighted by molar-refractivity contribution is -0.120. The van der Waals surface area contributed by atoms with E-state index in [1.165, 1.54) is 6.07 Å². The molecule has 1 aromatic rings. The number of halogens is 1. The van der Waals surface area contributed by atoms with E-state index in [-0.39, 0.29) is 23.3 Å². The van der Waals surface area contributed by atoms with Gasteiger partial charge in [0.1, 0.15) is 5.82 Å². The molecule has 1 aromatic carbocycles. The van der Waals surface area contributed by atoms with Crippen molar-refractivity contribution in [3.63, 3.8) is 0 Å². The standard InChI is InChI=1S/C14H20FNO/c1-3-5-8-11(4-2)14(17)16-13-10-7-6-9-12(13)15/h6-7,9-11H,3-5,8H2,1-2H3,(H,16,17)/t11-/m1/s1. The minimum Gasteiger partial charge on any atom is -0.323 e. The van der Waals surface area contributed by atoms with Crippen molar-refractivity contribution >= 4 is 11.6 Å². The first-order valence-corrected chi connectivity index (χ1v) is 6.24. The SMILES string of the molecule is CCCC[C@@H](CC)C(=O)Nc1ccccc1F. The second kappa shape index (κ2) is 7.05. The van der Waals surface area contributed by atoms with Gasteiger partial charge in [0.15, 0.2) is 0 Å². The summed E-state index contributed by atoms with van der Waals surface area (Å²) in [6.45, 7) is 4.09. The van der Waals surface area contributed by atoms with Crippen molar-refractivity contribution < 1.29 is 9.18 Å². The Hall–Kier alpha value is -1.38. The molecule has 0 unspecified atom stereocenters. The second-order valence-electron chi connectivity index (χ2n) is 4.22. The smallest absolute Gasteiger partial charge is 0.227 e. The Labute approximate surface area is 102 Å². The van der Waals surface area contributed by atoms with Gasteiger partial charge in [0.25, 0.3) is 0 Å². The van der Waals surface area contributed by atoms with Crippen LogP contribution in [0.3, 0.4) is 0 Å². The number of unbranched alkanes of at least 4 members (excludes halogenated alkanes) is 1. The number of hydrogen-bond acceptors (Lipinski definition) is 1. The maximum atomic E-state index is 13.4. The molecule has 0 spiro atoms. The lowest BCUT2D eigenvalue weighted by atomic mass is 9.98. The van der Waals surface area contributed by atoms with Crippen LogP contribution in [0.15, 0.2) is 24.3 Å². The molecule has 94 valence electrons. The summed E-state index contributed by atoms with van der Waals surface area (Å²) in [7, 11) is 0. The predicted octanol–water partition coefficient (Wildman–Crippen LogP) is 3.98. The largest absolute Gasteiger partial charge is 0.323 e. The molecule has 0 saturated heterocycles. The van der Waals surface area contributed by atoms with Gasteiger partial charge in [-0.2, -0.15) is 0 Å². The molecule has 3 heteroatoms. The molecule has 0 aliphatic heterocycles. The third-order valence-corrected chi connectivity index (χ3v) is 2.90. The molecule has 0 radical (unpaired) electrons. The van der Waals surface area contributed by atoms with Gasteiger partial charge >= 0.3 is 0 Å². The Morgan fingerprint density at radius 1 is 1.35 bits per heavy atom. The van der Waals surface area contributed by atoms with Crippen molar-refractivity contribution in [3.05, 3.63) is 30.1 Å². The number of anilines is 1. The summed E-state index contributed by atoms with van der Waals surface area (Å²) < 4.78 is 13.4. The molecule has 1 amide bonds. The van der Waals surface area contributed by atoms with Crippen LogP contribution in [0.2, 0.25) is 0 Å². The molecule has 1 N–H and O–H groups in total. The van der Waals surface area contributed by atoms with Crippen LogP contribution in [-0.4, -0.2) is 5.91 Å². The van der Waals surface area contributed by atoms with Gasteiger partial charge in [-0.15, -0.1) is 0 Å². The fourth-order valence-corrected chi connectivity index (χ4v) is 1.77. The Balaban J connectivity index is 2.61. The summed E-state index contributed by atoms with van der Waals surface area (Å²) in [6.07, 6.45) is 3.76. The maximum Gasteiger partial charge on any atom is 0.227 e. The third-order valence-electron chi connectivity index (χ3n) is 2.90. The summed E-state index contributed by atoms with van der Waals surface area (Å²) in [4.78, 5) is 11.9. The molecule has 2 nitrogen and oxygen atoms in total. The molecule has 0 heterocycles. The summed E-state index contributed by atoms with van der Waals surface area (Å²) in [6, 6.07) is 6.26. The summed E-state index contributed by atoms with van der Waals surface area (Å²) in [5.74, 6) is -0.480. The van der Waals surface area contributed by atoms with Crippen LogP contribution in [-0.2, 0) is 4.79 Å². The summed E-state index contributed by atoms with van der Waals surface area (Å²) >= 11 is 0. The maximum absolute atomic E-state index is 13.4. The molecule has 0 saturated carbocycles. The first-order chi connectivity index (χ1) is 8.19. The van der Waals surface area contributed by atoms with Gasteiger partial charge in [-0.1, -0.05) is 38.8 Å². The number of benzene rings is 1. The fraction of sp³-hybridized carbons (Fsp3) is 0.500. The molecule has 1 rings (SSSR count). The zero-order valence-corrected chi connectivity index (χ0v) is 10.5. The molecule has 0 aromatic heterocycles. The monoisotopic (exact) mass is 237 g/mol. The average molecular weight is 237 g/mol. The highest BCUT2D eigenvalue weighted by Crippen LogP contribution is 2.18. The van der Waals surface area contributed by atoms with Crippen molar-refractivity contribution in [2.24, 2.45) is 5.92 Å². The van der Waals surface area contributed by atoms with E-state index in [4.69, 9.17) is 0 Å². The molecule has 0 fully saturated rings. The quantitative estimate of drug-likeness (QED) is 0.796. The van der Waals surface area contributed by atoms with E-state index in [0.717, 1.165) is 25.7 Å². The van der Waals surface area contributed by atoms with Crippen molar-refractivity contribution in [2.75, 3.05) is 5.32 Å². The van der Waals surface area contributed by atoms with E-state index in [1.807, 2.05) is 6.92 Å². The van der Waals surface area contributed by atoms with Crippen molar-refractivity contribution in [2.45, 2.75) is 39.5 Å². The molecule has 0 aliphatic carbocycles. The average Bonchev–Trinajstić information content (AvgIpc) is 2.33. The Morgan fingerprint density at radius 2 is 2.06 bits per heavy atom. The summed E-state index contributed by atoms with van der Waals surface area (Å²) in [5.41, 5.74) is 0.271. The Kier molecular flexibility index (Phi) is 5.67. The number of hydrogen-bond donors (Lipinski definition) is 1. The van der Waals surface area contributed by atoms with Gasteiger partial charge < -0.3 is 5.32 Å². The molecule has 17 heavy (non-hydrogen) atoms. The normalized spacial score (nSPS) is 12.2. The number of nitrogens with one attached hydrogen (secondary N) is 1. The summed E-state index contributed by atoms with van der Waals surface area (Å²) in [5, 5.41) is 2.66. The van der Waals surface area contributed by atoms with Gasteiger partial charge in [-0.3, -0.25) is 4.79 Å². The topological polar surface area (TPSA) is 29.1 Å². The fourth-order valence-electron chi connectivity index (χ4n) is 1.77. The first-order valence-electron chi connectivity index (χ1n) is 6.24. The molecule has 0 bridgehead atoms. The van der Waals surface area contributed by atoms with E-state index in [0.29, 0.717) is 0 Å². The number of amides is 1. The molecular formula is C14H20FNO.